The lowest BCUT2D eigenvalue weighted by molar-refractivity contribution is 0.0825. The lowest BCUT2D eigenvalue weighted by Gasteiger charge is -2.30. The van der Waals surface area contributed by atoms with Gasteiger partial charge in [0.2, 0.25) is 5.89 Å². The van der Waals surface area contributed by atoms with Gasteiger partial charge in [0.25, 0.3) is 0 Å². The van der Waals surface area contributed by atoms with Crippen molar-refractivity contribution in [3.8, 4) is 0 Å². The van der Waals surface area contributed by atoms with Gasteiger partial charge in [0, 0.05) is 16.9 Å². The number of hydrogen-bond donors (Lipinski definition) is 0. The van der Waals surface area contributed by atoms with Crippen LogP contribution >= 0.6 is 0 Å². The van der Waals surface area contributed by atoms with Crippen LogP contribution in [0.1, 0.15) is 55.7 Å². The van der Waals surface area contributed by atoms with Crippen LogP contribution in [0.3, 0.4) is 0 Å². The largest absolute Gasteiger partial charge is 0.338 e. The topological polar surface area (TPSA) is 59.2 Å². The SMILES string of the molecule is CC(C)(C)c1noc(CN2CCC(C(=O)c3ccccc3)CC2)n1. The predicted molar refractivity (Wildman–Crippen MR) is 91.8 cm³/mol. The molecule has 1 aromatic heterocycles. The van der Waals surface area contributed by atoms with Gasteiger partial charge in [-0.1, -0.05) is 56.3 Å². The highest BCUT2D eigenvalue weighted by atomic mass is 16.5. The zero-order valence-electron chi connectivity index (χ0n) is 14.7. The summed E-state index contributed by atoms with van der Waals surface area (Å²) in [6.45, 7) is 8.65. The number of aromatic nitrogens is 2. The Hall–Kier alpha value is -2.01. The molecule has 0 saturated carbocycles. The lowest BCUT2D eigenvalue weighted by atomic mass is 9.89. The fourth-order valence-corrected chi connectivity index (χ4v) is 3.01. The molecule has 2 aromatic rings. The molecule has 0 amide bonds. The van der Waals surface area contributed by atoms with Gasteiger partial charge in [-0.2, -0.15) is 4.98 Å². The molecule has 128 valence electrons. The Morgan fingerprint density at radius 1 is 1.21 bits per heavy atom. The zero-order chi connectivity index (χ0) is 17.2. The third-order valence-corrected chi connectivity index (χ3v) is 4.51. The molecule has 0 radical (unpaired) electrons. The molecule has 1 aliphatic rings. The minimum atomic E-state index is -0.100. The van der Waals surface area contributed by atoms with Crippen molar-refractivity contribution in [3.05, 3.63) is 47.6 Å². The molecule has 1 aromatic carbocycles. The van der Waals surface area contributed by atoms with Crippen molar-refractivity contribution in [1.82, 2.24) is 15.0 Å². The average Bonchev–Trinajstić information content (AvgIpc) is 3.05. The first-order valence-electron chi connectivity index (χ1n) is 8.58. The average molecular weight is 327 g/mol. The summed E-state index contributed by atoms with van der Waals surface area (Å²) in [6.07, 6.45) is 1.77. The van der Waals surface area contributed by atoms with E-state index in [1.807, 2.05) is 30.3 Å². The van der Waals surface area contributed by atoms with E-state index in [9.17, 15) is 4.79 Å². The molecule has 1 saturated heterocycles. The summed E-state index contributed by atoms with van der Waals surface area (Å²) in [5.41, 5.74) is 0.722. The first kappa shape index (κ1) is 16.8. The van der Waals surface area contributed by atoms with Gasteiger partial charge in [-0.05, 0) is 25.9 Å². The Balaban J connectivity index is 1.54. The van der Waals surface area contributed by atoms with Gasteiger partial charge < -0.3 is 4.52 Å². The van der Waals surface area contributed by atoms with Crippen LogP contribution in [0.5, 0.6) is 0 Å². The van der Waals surface area contributed by atoms with Crippen LogP contribution in [-0.4, -0.2) is 33.9 Å². The number of carbonyl (C=O) groups is 1. The molecule has 0 bridgehead atoms. The second-order valence-corrected chi connectivity index (χ2v) is 7.54. The summed E-state index contributed by atoms with van der Waals surface area (Å²) in [5, 5.41) is 4.07. The number of benzene rings is 1. The fourth-order valence-electron chi connectivity index (χ4n) is 3.01. The zero-order valence-corrected chi connectivity index (χ0v) is 14.7. The molecule has 24 heavy (non-hydrogen) atoms. The monoisotopic (exact) mass is 327 g/mol. The third kappa shape index (κ3) is 3.90. The van der Waals surface area contributed by atoms with Crippen LogP contribution in [0.25, 0.3) is 0 Å². The van der Waals surface area contributed by atoms with E-state index in [0.717, 1.165) is 37.3 Å². The number of nitrogens with zero attached hydrogens (tertiary/aromatic N) is 3. The first-order valence-corrected chi connectivity index (χ1v) is 8.58. The molecule has 0 unspecified atom stereocenters. The first-order chi connectivity index (χ1) is 11.4. The van der Waals surface area contributed by atoms with E-state index in [0.29, 0.717) is 12.4 Å². The Morgan fingerprint density at radius 2 is 1.88 bits per heavy atom. The van der Waals surface area contributed by atoms with Crippen LogP contribution in [0, 0.1) is 5.92 Å². The highest BCUT2D eigenvalue weighted by Crippen LogP contribution is 2.23. The fraction of sp³-hybridized carbons (Fsp3) is 0.526. The van der Waals surface area contributed by atoms with Crippen molar-refractivity contribution in [2.75, 3.05) is 13.1 Å². The minimum Gasteiger partial charge on any atom is -0.338 e. The normalized spacial score (nSPS) is 17.1. The summed E-state index contributed by atoms with van der Waals surface area (Å²) in [6, 6.07) is 9.59. The summed E-state index contributed by atoms with van der Waals surface area (Å²) >= 11 is 0. The standard InChI is InChI=1S/C19H25N3O2/c1-19(2,3)18-20-16(24-21-18)13-22-11-9-15(10-12-22)17(23)14-7-5-4-6-8-14/h4-8,15H,9-13H2,1-3H3. The third-order valence-electron chi connectivity index (χ3n) is 4.51. The maximum absolute atomic E-state index is 12.5. The quantitative estimate of drug-likeness (QED) is 0.805. The second-order valence-electron chi connectivity index (χ2n) is 7.54. The minimum absolute atomic E-state index is 0.100. The van der Waals surface area contributed by atoms with Crippen LogP contribution in [-0.2, 0) is 12.0 Å². The van der Waals surface area contributed by atoms with Gasteiger partial charge in [0.15, 0.2) is 11.6 Å². The van der Waals surface area contributed by atoms with Gasteiger partial charge in [-0.15, -0.1) is 0 Å². The van der Waals surface area contributed by atoms with Crippen LogP contribution in [0.2, 0.25) is 0 Å². The van der Waals surface area contributed by atoms with Gasteiger partial charge in [-0.3, -0.25) is 9.69 Å². The number of carbonyl (C=O) groups excluding carboxylic acids is 1. The summed E-state index contributed by atoms with van der Waals surface area (Å²) in [7, 11) is 0. The van der Waals surface area contributed by atoms with Crippen molar-refractivity contribution >= 4 is 5.78 Å². The van der Waals surface area contributed by atoms with Gasteiger partial charge >= 0.3 is 0 Å². The number of Topliss-reactive ketones (excluding diaryl/α,β-unsaturated/α-hetero) is 1. The van der Waals surface area contributed by atoms with E-state index < -0.39 is 0 Å². The molecule has 1 fully saturated rings. The molecule has 2 heterocycles. The molecule has 5 nitrogen and oxygen atoms in total. The van der Waals surface area contributed by atoms with Crippen molar-refractivity contribution in [3.63, 3.8) is 0 Å². The molecule has 0 atom stereocenters. The van der Waals surface area contributed by atoms with Crippen LogP contribution < -0.4 is 0 Å². The van der Waals surface area contributed by atoms with Gasteiger partial charge in [0.05, 0.1) is 6.54 Å². The van der Waals surface area contributed by atoms with E-state index in [1.165, 1.54) is 0 Å². The smallest absolute Gasteiger partial charge is 0.240 e. The molecule has 1 aliphatic heterocycles. The molecule has 3 rings (SSSR count). The van der Waals surface area contributed by atoms with E-state index in [2.05, 4.69) is 35.8 Å². The lowest BCUT2D eigenvalue weighted by Crippen LogP contribution is -2.36. The summed E-state index contributed by atoms with van der Waals surface area (Å²) in [5.74, 6) is 1.79. The number of piperidine rings is 1. The van der Waals surface area contributed by atoms with Gasteiger partial charge in [-0.25, -0.2) is 0 Å². The molecular weight excluding hydrogens is 302 g/mol. The van der Waals surface area contributed by atoms with Crippen LogP contribution in [0.15, 0.2) is 34.9 Å². The Labute approximate surface area is 143 Å². The molecule has 0 N–H and O–H groups in total. The Bertz CT molecular complexity index is 680. The highest BCUT2D eigenvalue weighted by Gasteiger charge is 2.27. The van der Waals surface area contributed by atoms with E-state index in [4.69, 9.17) is 4.52 Å². The van der Waals surface area contributed by atoms with E-state index in [1.54, 1.807) is 0 Å². The van der Waals surface area contributed by atoms with Crippen molar-refractivity contribution < 1.29 is 9.32 Å². The highest BCUT2D eigenvalue weighted by molar-refractivity contribution is 5.97. The van der Waals surface area contributed by atoms with Crippen molar-refractivity contribution in [2.24, 2.45) is 5.92 Å². The molecule has 0 aliphatic carbocycles. The van der Waals surface area contributed by atoms with Crippen molar-refractivity contribution in [2.45, 2.75) is 45.6 Å². The Morgan fingerprint density at radius 3 is 2.46 bits per heavy atom. The molecular formula is C19H25N3O2. The van der Waals surface area contributed by atoms with Crippen molar-refractivity contribution in [1.29, 1.82) is 0 Å². The van der Waals surface area contributed by atoms with E-state index >= 15 is 0 Å². The summed E-state index contributed by atoms with van der Waals surface area (Å²) in [4.78, 5) is 19.3. The number of rotatable bonds is 4. The summed E-state index contributed by atoms with van der Waals surface area (Å²) < 4.78 is 5.37. The van der Waals surface area contributed by atoms with Crippen LogP contribution in [0.4, 0.5) is 0 Å². The Kier molecular flexibility index (Phi) is 4.81. The maximum Gasteiger partial charge on any atom is 0.240 e. The second kappa shape index (κ2) is 6.85. The number of ketones is 1. The maximum atomic E-state index is 12.5. The number of likely N-dealkylation sites (tertiary alicyclic amines) is 1. The van der Waals surface area contributed by atoms with Gasteiger partial charge in [0.1, 0.15) is 0 Å². The molecule has 5 heteroatoms. The predicted octanol–water partition coefficient (Wildman–Crippen LogP) is 3.46. The van der Waals surface area contributed by atoms with E-state index in [-0.39, 0.29) is 17.1 Å². The molecule has 0 spiro atoms. The number of hydrogen-bond acceptors (Lipinski definition) is 5.